The Bertz CT molecular complexity index is 4340. The van der Waals surface area contributed by atoms with Crippen LogP contribution in [0.1, 0.15) is 118 Å². The maximum Gasteiger partial charge on any atom is 0.252 e. The monoisotopic (exact) mass is 1100 g/mol. The minimum atomic E-state index is -0.0946. The summed E-state index contributed by atoms with van der Waals surface area (Å²) in [6.07, 6.45) is 9.71. The third-order valence-corrected chi connectivity index (χ3v) is 24.3. The molecule has 7 heteroatoms. The van der Waals surface area contributed by atoms with Gasteiger partial charge in [-0.2, -0.15) is 0 Å². The van der Waals surface area contributed by atoms with Crippen LogP contribution in [0, 0.1) is 34.6 Å². The van der Waals surface area contributed by atoms with Gasteiger partial charge in [-0.1, -0.05) is 112 Å². The van der Waals surface area contributed by atoms with Crippen molar-refractivity contribution in [1.82, 2.24) is 0 Å². The summed E-state index contributed by atoms with van der Waals surface area (Å²) in [5.41, 5.74) is 26.7. The van der Waals surface area contributed by atoms with Crippen LogP contribution in [0.2, 0.25) is 0 Å². The first-order valence-electron chi connectivity index (χ1n) is 30.4. The number of nitrogens with zero attached hydrogens (tertiary/aromatic N) is 4. The molecular formula is C75H69BN4S2. The predicted octanol–water partition coefficient (Wildman–Crippen LogP) is 19.5. The van der Waals surface area contributed by atoms with Crippen molar-refractivity contribution in [2.24, 2.45) is 0 Å². The van der Waals surface area contributed by atoms with Gasteiger partial charge >= 0.3 is 0 Å². The maximum atomic E-state index is 2.82. The van der Waals surface area contributed by atoms with Gasteiger partial charge in [0.1, 0.15) is 0 Å². The summed E-state index contributed by atoms with van der Waals surface area (Å²) in [5.74, 6) is 0. The van der Waals surface area contributed by atoms with Gasteiger partial charge in [0.05, 0.1) is 22.5 Å². The molecule has 2 aromatic heterocycles. The first-order chi connectivity index (χ1) is 39.7. The van der Waals surface area contributed by atoms with Crippen molar-refractivity contribution >= 4 is 143 Å². The molecule has 0 spiro atoms. The Balaban J connectivity index is 0.974. The average molecular weight is 1100 g/mol. The van der Waals surface area contributed by atoms with Crippen LogP contribution in [0.25, 0.3) is 40.3 Å². The lowest BCUT2D eigenvalue weighted by atomic mass is 9.33. The quantitative estimate of drug-likeness (QED) is 0.163. The van der Waals surface area contributed by atoms with Crippen molar-refractivity contribution in [3.8, 4) is 0 Å². The summed E-state index contributed by atoms with van der Waals surface area (Å²) in [7, 11) is 0. The number of benzene rings is 9. The normalized spacial score (nSPS) is 23.1. The molecule has 2 aliphatic carbocycles. The number of fused-ring (bicyclic) bond motifs is 16. The van der Waals surface area contributed by atoms with Crippen molar-refractivity contribution in [1.29, 1.82) is 0 Å². The lowest BCUT2D eigenvalue weighted by Crippen LogP contribution is -2.61. The molecule has 4 unspecified atom stereocenters. The van der Waals surface area contributed by atoms with Gasteiger partial charge in [0.2, 0.25) is 0 Å². The van der Waals surface area contributed by atoms with E-state index in [0.29, 0.717) is 0 Å². The average Bonchev–Trinajstić information content (AvgIpc) is 1.51. The van der Waals surface area contributed by atoms with Gasteiger partial charge in [-0.15, -0.1) is 22.7 Å². The molecule has 0 saturated heterocycles. The zero-order chi connectivity index (χ0) is 55.5. The van der Waals surface area contributed by atoms with Gasteiger partial charge in [0.15, 0.2) is 0 Å². The molecule has 4 aliphatic heterocycles. The Morgan fingerprint density at radius 2 is 0.780 bits per heavy atom. The molecule has 82 heavy (non-hydrogen) atoms. The van der Waals surface area contributed by atoms with E-state index in [0.717, 1.165) is 12.8 Å². The molecule has 2 fully saturated rings. The minimum absolute atomic E-state index is 0.0211. The highest BCUT2D eigenvalue weighted by molar-refractivity contribution is 7.26. The number of rotatable bonds is 4. The summed E-state index contributed by atoms with van der Waals surface area (Å²) in [4.78, 5) is 11.1. The van der Waals surface area contributed by atoms with Gasteiger partial charge in [0.25, 0.3) is 6.71 Å². The summed E-state index contributed by atoms with van der Waals surface area (Å²) >= 11 is 3.83. The van der Waals surface area contributed by atoms with Crippen LogP contribution in [0.3, 0.4) is 0 Å². The molecule has 17 rings (SSSR count). The van der Waals surface area contributed by atoms with Crippen molar-refractivity contribution in [3.05, 3.63) is 197 Å². The fourth-order valence-electron chi connectivity index (χ4n) is 18.3. The highest BCUT2D eigenvalue weighted by Gasteiger charge is 2.60. The van der Waals surface area contributed by atoms with Crippen molar-refractivity contribution < 1.29 is 0 Å². The van der Waals surface area contributed by atoms with E-state index in [1.54, 1.807) is 11.1 Å². The number of hydrogen-bond acceptors (Lipinski definition) is 6. The van der Waals surface area contributed by atoms with Crippen LogP contribution in [-0.2, 0) is 10.8 Å². The van der Waals surface area contributed by atoms with Crippen LogP contribution in [0.5, 0.6) is 0 Å². The Kier molecular flexibility index (Phi) is 10.2. The number of aryl methyl sites for hydroxylation is 5. The predicted molar refractivity (Wildman–Crippen MR) is 356 cm³/mol. The van der Waals surface area contributed by atoms with Crippen LogP contribution in [0.15, 0.2) is 158 Å². The lowest BCUT2D eigenvalue weighted by molar-refractivity contribution is 0.194. The first-order valence-corrected chi connectivity index (χ1v) is 32.0. The highest BCUT2D eigenvalue weighted by Crippen LogP contribution is 2.64. The van der Waals surface area contributed by atoms with Crippen LogP contribution in [-0.4, -0.2) is 17.8 Å². The molecule has 9 aromatic carbocycles. The highest BCUT2D eigenvalue weighted by atomic mass is 32.1. The van der Waals surface area contributed by atoms with Crippen molar-refractivity contribution in [2.45, 2.75) is 136 Å². The second-order valence-electron chi connectivity index (χ2n) is 26.6. The second kappa shape index (κ2) is 16.9. The molecule has 0 bridgehead atoms. The lowest BCUT2D eigenvalue weighted by Gasteiger charge is -2.51. The summed E-state index contributed by atoms with van der Waals surface area (Å²) in [6, 6.07) is 62.7. The standard InChI is InChI=1S/C75H69BN4S2/c1-44-36-47(4)69-59(38-44)79(74(8)34-16-14-32-72(69,74)6)49-28-30-53-57(42-49)77(55-22-18-26-65-67(55)51-20-10-12-24-63(51)81-65)61-40-46(3)41-62-71(61)76(53)54-31-29-50(80-60-39-45(2)37-48(5)70(60)73(7)33-15-17-35-75(73,80)9)43-58(54)78(62)56-23-19-27-66-68(56)52-21-11-13-25-64(52)82-66/h10-13,18-31,36-43H,14-17,32-35H2,1-9H3. The molecule has 0 radical (unpaired) electrons. The fraction of sp³-hybridized carbons (Fsp3) is 0.280. The van der Waals surface area contributed by atoms with Crippen molar-refractivity contribution in [2.75, 3.05) is 19.6 Å². The van der Waals surface area contributed by atoms with E-state index in [-0.39, 0.29) is 28.6 Å². The molecule has 0 N–H and O–H groups in total. The number of thiophene rings is 2. The van der Waals surface area contributed by atoms with E-state index in [1.165, 1.54) is 180 Å². The van der Waals surface area contributed by atoms with Gasteiger partial charge in [-0.25, -0.2) is 0 Å². The Hall–Kier alpha value is -7.32. The molecule has 6 aliphatic rings. The van der Waals surface area contributed by atoms with E-state index < -0.39 is 0 Å². The Morgan fingerprint density at radius 1 is 0.378 bits per heavy atom. The van der Waals surface area contributed by atoms with Crippen molar-refractivity contribution in [3.63, 3.8) is 0 Å². The van der Waals surface area contributed by atoms with Gasteiger partial charge in [0, 0.05) is 96.7 Å². The maximum absolute atomic E-state index is 2.82. The zero-order valence-corrected chi connectivity index (χ0v) is 50.5. The molecule has 0 amide bonds. The van der Waals surface area contributed by atoms with Crippen LogP contribution < -0.4 is 36.0 Å². The SMILES string of the molecule is Cc1cc2c3c(c1)N(c1cccc4sc5ccccc5c14)c1cc(N4c5cc(C)cc(C)c5C5(C)CCCCC45C)ccc1B3c1ccc(N3c4cc(C)cc(C)c4C4(C)CCCCC34C)cc1N2c1cccc2sc3ccccc3c12. The first kappa shape index (κ1) is 49.3. The van der Waals surface area contributed by atoms with E-state index >= 15 is 0 Å². The van der Waals surface area contributed by atoms with Crippen LogP contribution >= 0.6 is 22.7 Å². The van der Waals surface area contributed by atoms with Gasteiger partial charge in [-0.05, 0) is 214 Å². The molecule has 4 atom stereocenters. The third-order valence-electron chi connectivity index (χ3n) is 22.0. The van der Waals surface area contributed by atoms with E-state index in [1.807, 2.05) is 22.7 Å². The number of hydrogen-bond donors (Lipinski definition) is 0. The third kappa shape index (κ3) is 6.24. The molecular weight excluding hydrogens is 1030 g/mol. The summed E-state index contributed by atoms with van der Waals surface area (Å²) in [6.45, 7) is 22.0. The largest absolute Gasteiger partial charge is 0.334 e. The summed E-state index contributed by atoms with van der Waals surface area (Å²) in [5, 5.41) is 5.28. The summed E-state index contributed by atoms with van der Waals surface area (Å²) < 4.78 is 5.28. The molecule has 2 saturated carbocycles. The van der Waals surface area contributed by atoms with E-state index in [2.05, 4.69) is 240 Å². The van der Waals surface area contributed by atoms with Gasteiger partial charge in [-0.3, -0.25) is 0 Å². The number of anilines is 10. The van der Waals surface area contributed by atoms with Gasteiger partial charge < -0.3 is 19.6 Å². The fourth-order valence-corrected chi connectivity index (χ4v) is 20.6. The molecule has 4 nitrogen and oxygen atoms in total. The molecule has 11 aromatic rings. The Labute approximate surface area is 491 Å². The smallest absolute Gasteiger partial charge is 0.252 e. The topological polar surface area (TPSA) is 13.0 Å². The van der Waals surface area contributed by atoms with E-state index in [9.17, 15) is 0 Å². The van der Waals surface area contributed by atoms with Crippen LogP contribution in [0.4, 0.5) is 56.9 Å². The second-order valence-corrected chi connectivity index (χ2v) is 28.7. The molecule has 6 heterocycles. The molecule has 404 valence electrons. The minimum Gasteiger partial charge on any atom is -0.334 e. The van der Waals surface area contributed by atoms with E-state index in [4.69, 9.17) is 0 Å². The Morgan fingerprint density at radius 3 is 1.24 bits per heavy atom. The zero-order valence-electron chi connectivity index (χ0n) is 48.9.